The van der Waals surface area contributed by atoms with E-state index in [0.717, 1.165) is 5.56 Å². The number of rotatable bonds is 2. The highest BCUT2D eigenvalue weighted by Crippen LogP contribution is 2.21. The zero-order chi connectivity index (χ0) is 9.14. The van der Waals surface area contributed by atoms with E-state index in [1.165, 1.54) is 12.1 Å². The predicted molar refractivity (Wildman–Crippen MR) is 48.7 cm³/mol. The average Bonchev–Trinajstić information content (AvgIpc) is 2.04. The summed E-state index contributed by atoms with van der Waals surface area (Å²) in [6.07, 6.45) is 0. The molecule has 66 valence electrons. The zero-order valence-electron chi connectivity index (χ0n) is 7.09. The second-order valence-corrected chi connectivity index (χ2v) is 3.26. The highest BCUT2D eigenvalue weighted by Gasteiger charge is 2.08. The van der Waals surface area contributed by atoms with Gasteiger partial charge in [0.25, 0.3) is 0 Å². The first kappa shape index (κ1) is 9.49. The van der Waals surface area contributed by atoms with Crippen molar-refractivity contribution in [3.05, 3.63) is 35.6 Å². The van der Waals surface area contributed by atoms with E-state index in [2.05, 4.69) is 0 Å². The molecule has 0 amide bonds. The molecule has 0 aliphatic rings. The molecule has 12 heavy (non-hydrogen) atoms. The molecule has 0 bridgehead atoms. The van der Waals surface area contributed by atoms with Crippen LogP contribution in [-0.2, 0) is 0 Å². The summed E-state index contributed by atoms with van der Waals surface area (Å²) in [4.78, 5) is 1.86. The Morgan fingerprint density at radius 3 is 2.17 bits per heavy atom. The Kier molecular flexibility index (Phi) is 3.06. The van der Waals surface area contributed by atoms with Gasteiger partial charge in [-0.25, -0.2) is 4.39 Å². The van der Waals surface area contributed by atoms with Gasteiger partial charge in [-0.3, -0.25) is 4.90 Å². The Balaban J connectivity index is 2.82. The van der Waals surface area contributed by atoms with Crippen molar-refractivity contribution in [3.63, 3.8) is 0 Å². The maximum Gasteiger partial charge on any atom is 0.123 e. The molecule has 0 saturated heterocycles. The number of hydrogen-bond acceptors (Lipinski definition) is 1. The third-order valence-corrected chi connectivity index (χ3v) is 2.24. The topological polar surface area (TPSA) is 3.24 Å². The highest BCUT2D eigenvalue weighted by molar-refractivity contribution is 6.20. The van der Waals surface area contributed by atoms with Gasteiger partial charge in [0.1, 0.15) is 11.3 Å². The third kappa shape index (κ3) is 2.19. The minimum absolute atomic E-state index is 0.189. The molecule has 1 aromatic rings. The lowest BCUT2D eigenvalue weighted by Crippen LogP contribution is -2.14. The van der Waals surface area contributed by atoms with Gasteiger partial charge in [0.15, 0.2) is 0 Å². The Bertz CT molecular complexity index is 245. The van der Waals surface area contributed by atoms with Crippen molar-refractivity contribution in [1.82, 2.24) is 4.90 Å². The van der Waals surface area contributed by atoms with Crippen LogP contribution in [0.25, 0.3) is 0 Å². The highest BCUT2D eigenvalue weighted by atomic mass is 35.5. The second kappa shape index (κ2) is 3.87. The van der Waals surface area contributed by atoms with Crippen LogP contribution in [0.15, 0.2) is 24.3 Å². The quantitative estimate of drug-likeness (QED) is 0.508. The van der Waals surface area contributed by atoms with E-state index in [-0.39, 0.29) is 11.3 Å². The molecule has 1 aromatic carbocycles. The number of benzene rings is 1. The molecule has 0 fully saturated rings. The molecule has 0 aromatic heterocycles. The molecule has 0 spiro atoms. The lowest BCUT2D eigenvalue weighted by molar-refractivity contribution is 0.384. The van der Waals surface area contributed by atoms with Crippen LogP contribution < -0.4 is 0 Å². The molecule has 0 saturated carbocycles. The average molecular weight is 188 g/mol. The van der Waals surface area contributed by atoms with Crippen LogP contribution in [-0.4, -0.2) is 19.0 Å². The number of halogens is 2. The molecule has 0 aliphatic carbocycles. The zero-order valence-corrected chi connectivity index (χ0v) is 7.85. The largest absolute Gasteiger partial charge is 0.290 e. The Labute approximate surface area is 76.8 Å². The van der Waals surface area contributed by atoms with Crippen LogP contribution in [0.5, 0.6) is 0 Å². The standard InChI is InChI=1S/C9H11ClFN/c1-12(2)9(10)7-3-5-8(11)6-4-7/h3-6,9H,1-2H3. The number of alkyl halides is 1. The third-order valence-electron chi connectivity index (χ3n) is 1.60. The van der Waals surface area contributed by atoms with Crippen molar-refractivity contribution >= 4 is 11.6 Å². The summed E-state index contributed by atoms with van der Waals surface area (Å²) in [6.45, 7) is 0. The van der Waals surface area contributed by atoms with Crippen molar-refractivity contribution < 1.29 is 4.39 Å². The van der Waals surface area contributed by atoms with E-state index < -0.39 is 0 Å². The first-order valence-electron chi connectivity index (χ1n) is 3.67. The molecular formula is C9H11ClFN. The normalized spacial score (nSPS) is 13.4. The predicted octanol–water partition coefficient (Wildman–Crippen LogP) is 2.62. The van der Waals surface area contributed by atoms with Gasteiger partial charge < -0.3 is 0 Å². The molecule has 0 radical (unpaired) electrons. The monoisotopic (exact) mass is 187 g/mol. The molecule has 0 heterocycles. The first-order valence-corrected chi connectivity index (χ1v) is 4.11. The molecule has 0 N–H and O–H groups in total. The first-order chi connectivity index (χ1) is 5.61. The second-order valence-electron chi connectivity index (χ2n) is 2.85. The number of nitrogens with zero attached hydrogens (tertiary/aromatic N) is 1. The minimum Gasteiger partial charge on any atom is -0.290 e. The summed E-state index contributed by atoms with van der Waals surface area (Å²) < 4.78 is 12.5. The van der Waals surface area contributed by atoms with Crippen LogP contribution in [0.1, 0.15) is 11.1 Å². The SMILES string of the molecule is CN(C)C(Cl)c1ccc(F)cc1. The van der Waals surface area contributed by atoms with E-state index in [1.54, 1.807) is 12.1 Å². The number of hydrogen-bond donors (Lipinski definition) is 0. The van der Waals surface area contributed by atoms with Crippen LogP contribution in [0, 0.1) is 5.82 Å². The maximum atomic E-state index is 12.5. The summed E-state index contributed by atoms with van der Waals surface area (Å²) in [6, 6.07) is 6.20. The van der Waals surface area contributed by atoms with Gasteiger partial charge in [0.05, 0.1) is 0 Å². The Morgan fingerprint density at radius 2 is 1.75 bits per heavy atom. The fourth-order valence-electron chi connectivity index (χ4n) is 0.920. The maximum absolute atomic E-state index is 12.5. The summed E-state index contributed by atoms with van der Waals surface area (Å²) >= 11 is 6.00. The molecule has 1 nitrogen and oxygen atoms in total. The van der Waals surface area contributed by atoms with Gasteiger partial charge in [0.2, 0.25) is 0 Å². The van der Waals surface area contributed by atoms with Crippen LogP contribution in [0.3, 0.4) is 0 Å². The van der Waals surface area contributed by atoms with E-state index in [1.807, 2.05) is 19.0 Å². The van der Waals surface area contributed by atoms with Gasteiger partial charge in [-0.05, 0) is 31.8 Å². The van der Waals surface area contributed by atoms with Crippen molar-refractivity contribution in [2.75, 3.05) is 14.1 Å². The van der Waals surface area contributed by atoms with Crippen molar-refractivity contribution in [3.8, 4) is 0 Å². The van der Waals surface area contributed by atoms with Gasteiger partial charge in [-0.2, -0.15) is 0 Å². The summed E-state index contributed by atoms with van der Waals surface area (Å²) in [5.41, 5.74) is 0.716. The summed E-state index contributed by atoms with van der Waals surface area (Å²) in [7, 11) is 3.75. The van der Waals surface area contributed by atoms with Crippen LogP contribution >= 0.6 is 11.6 Å². The van der Waals surface area contributed by atoms with Crippen LogP contribution in [0.4, 0.5) is 4.39 Å². The van der Waals surface area contributed by atoms with E-state index in [9.17, 15) is 4.39 Å². The molecule has 1 unspecified atom stereocenters. The van der Waals surface area contributed by atoms with E-state index >= 15 is 0 Å². The Hall–Kier alpha value is -0.600. The molecule has 1 rings (SSSR count). The van der Waals surface area contributed by atoms with E-state index in [4.69, 9.17) is 11.6 Å². The fraction of sp³-hybridized carbons (Fsp3) is 0.333. The van der Waals surface area contributed by atoms with Crippen LogP contribution in [0.2, 0.25) is 0 Å². The summed E-state index contributed by atoms with van der Waals surface area (Å²) in [5.74, 6) is -0.235. The van der Waals surface area contributed by atoms with E-state index in [0.29, 0.717) is 0 Å². The molecule has 1 atom stereocenters. The Morgan fingerprint density at radius 1 is 1.25 bits per heavy atom. The van der Waals surface area contributed by atoms with Crippen molar-refractivity contribution in [2.45, 2.75) is 5.50 Å². The minimum atomic E-state index is -0.235. The lowest BCUT2D eigenvalue weighted by atomic mass is 10.2. The van der Waals surface area contributed by atoms with Gasteiger partial charge in [-0.1, -0.05) is 12.1 Å². The molecular weight excluding hydrogens is 177 g/mol. The molecule has 3 heteroatoms. The van der Waals surface area contributed by atoms with Crippen molar-refractivity contribution in [2.24, 2.45) is 0 Å². The van der Waals surface area contributed by atoms with Gasteiger partial charge >= 0.3 is 0 Å². The summed E-state index contributed by atoms with van der Waals surface area (Å²) in [5, 5.41) is 0. The fourth-order valence-corrected chi connectivity index (χ4v) is 1.07. The van der Waals surface area contributed by atoms with Gasteiger partial charge in [-0.15, -0.1) is 11.6 Å². The molecule has 0 aliphatic heterocycles. The smallest absolute Gasteiger partial charge is 0.123 e. The lowest BCUT2D eigenvalue weighted by Gasteiger charge is -2.17. The van der Waals surface area contributed by atoms with Gasteiger partial charge in [0, 0.05) is 0 Å². The van der Waals surface area contributed by atoms with Crippen molar-refractivity contribution in [1.29, 1.82) is 0 Å².